The van der Waals surface area contributed by atoms with Gasteiger partial charge in [0.25, 0.3) is 0 Å². The molecule has 0 aliphatic carbocycles. The number of hydrogen-bond donors (Lipinski definition) is 1. The molecule has 1 heterocycles. The summed E-state index contributed by atoms with van der Waals surface area (Å²) in [4.78, 5) is 0. The van der Waals surface area contributed by atoms with Gasteiger partial charge in [0.15, 0.2) is 0 Å². The number of nitrogens with zero attached hydrogens (tertiary/aromatic N) is 1. The van der Waals surface area contributed by atoms with Crippen molar-refractivity contribution in [2.45, 2.75) is 46.0 Å². The maximum absolute atomic E-state index is 3.49. The first-order valence-corrected chi connectivity index (χ1v) is 12.1. The minimum Gasteiger partial charge on any atom is -0.347 e. The molecular formula is C28H32N2S. The van der Waals surface area contributed by atoms with Crippen molar-refractivity contribution in [3.05, 3.63) is 84.6 Å². The second kappa shape index (κ2) is 9.76. The van der Waals surface area contributed by atoms with Crippen molar-refractivity contribution >= 4 is 22.9 Å². The lowest BCUT2D eigenvalue weighted by atomic mass is 10.00. The van der Waals surface area contributed by atoms with E-state index in [9.17, 15) is 0 Å². The Labute approximate surface area is 190 Å². The summed E-state index contributed by atoms with van der Waals surface area (Å²) in [7, 11) is 0. The molecular weight excluding hydrogens is 396 g/mol. The highest BCUT2D eigenvalue weighted by Gasteiger charge is 2.13. The second-order valence-electron chi connectivity index (χ2n) is 8.88. The largest absolute Gasteiger partial charge is 0.347 e. The monoisotopic (exact) mass is 428 g/mol. The van der Waals surface area contributed by atoms with Crippen LogP contribution in [0.3, 0.4) is 0 Å². The van der Waals surface area contributed by atoms with Crippen LogP contribution >= 0.6 is 11.9 Å². The fraction of sp³-hybridized carbons (Fsp3) is 0.286. The van der Waals surface area contributed by atoms with E-state index in [0.29, 0.717) is 11.2 Å². The van der Waals surface area contributed by atoms with Crippen LogP contribution in [0.15, 0.2) is 79.0 Å². The van der Waals surface area contributed by atoms with Gasteiger partial charge in [-0.2, -0.15) is 0 Å². The van der Waals surface area contributed by atoms with Crippen molar-refractivity contribution in [2.24, 2.45) is 5.92 Å². The van der Waals surface area contributed by atoms with E-state index in [1.165, 1.54) is 38.7 Å². The van der Waals surface area contributed by atoms with Gasteiger partial charge in [-0.15, -0.1) is 0 Å². The maximum Gasteiger partial charge on any atom is 0.0493 e. The molecule has 3 heteroatoms. The van der Waals surface area contributed by atoms with E-state index in [2.05, 4.69) is 116 Å². The number of nitrogens with one attached hydrogen (secondary N) is 1. The topological polar surface area (TPSA) is 17.0 Å². The fourth-order valence-corrected chi connectivity index (χ4v) is 4.60. The Morgan fingerprint density at radius 2 is 1.58 bits per heavy atom. The molecule has 4 aromatic rings. The predicted molar refractivity (Wildman–Crippen MR) is 137 cm³/mol. The third kappa shape index (κ3) is 5.23. The highest BCUT2D eigenvalue weighted by Crippen LogP contribution is 2.34. The third-order valence-corrected chi connectivity index (χ3v) is 6.17. The summed E-state index contributed by atoms with van der Waals surface area (Å²) in [5, 5.41) is 1.90. The van der Waals surface area contributed by atoms with Crippen LogP contribution in [0.2, 0.25) is 0 Å². The van der Waals surface area contributed by atoms with Crippen molar-refractivity contribution < 1.29 is 0 Å². The van der Waals surface area contributed by atoms with Gasteiger partial charge in [0.2, 0.25) is 0 Å². The summed E-state index contributed by atoms with van der Waals surface area (Å²) >= 11 is 1.79. The van der Waals surface area contributed by atoms with Crippen LogP contribution < -0.4 is 4.72 Å². The molecule has 0 saturated carbocycles. The molecule has 0 fully saturated rings. The minimum atomic E-state index is 0.580. The zero-order valence-corrected chi connectivity index (χ0v) is 19.7. The predicted octanol–water partition coefficient (Wildman–Crippen LogP) is 7.78. The van der Waals surface area contributed by atoms with Gasteiger partial charge in [0.05, 0.1) is 0 Å². The highest BCUT2D eigenvalue weighted by atomic mass is 32.2. The van der Waals surface area contributed by atoms with Crippen LogP contribution in [0.1, 0.15) is 33.3 Å². The maximum atomic E-state index is 3.49. The molecule has 0 bridgehead atoms. The van der Waals surface area contributed by atoms with Gasteiger partial charge in [-0.3, -0.25) is 4.72 Å². The van der Waals surface area contributed by atoms with Gasteiger partial charge in [-0.05, 0) is 40.3 Å². The van der Waals surface area contributed by atoms with E-state index in [-0.39, 0.29) is 0 Å². The molecule has 0 saturated heterocycles. The van der Waals surface area contributed by atoms with E-state index < -0.39 is 0 Å². The van der Waals surface area contributed by atoms with Gasteiger partial charge in [-0.25, -0.2) is 0 Å². The summed E-state index contributed by atoms with van der Waals surface area (Å²) in [6.07, 6.45) is 2.34. The average Bonchev–Trinajstić information content (AvgIpc) is 3.11. The van der Waals surface area contributed by atoms with Crippen LogP contribution in [0.25, 0.3) is 33.2 Å². The molecule has 0 atom stereocenters. The Bertz CT molecular complexity index is 1140. The third-order valence-electron chi connectivity index (χ3n) is 5.38. The Kier molecular flexibility index (Phi) is 6.84. The number of aromatic nitrogens is 1. The first kappa shape index (κ1) is 21.7. The van der Waals surface area contributed by atoms with E-state index in [4.69, 9.17) is 0 Å². The zero-order chi connectivity index (χ0) is 21.8. The van der Waals surface area contributed by atoms with Crippen LogP contribution in [0.5, 0.6) is 0 Å². The summed E-state index contributed by atoms with van der Waals surface area (Å²) in [6.45, 7) is 10.9. The van der Waals surface area contributed by atoms with E-state index in [1.54, 1.807) is 11.9 Å². The molecule has 0 amide bonds. The number of fused-ring (bicyclic) bond motifs is 1. The van der Waals surface area contributed by atoms with Crippen molar-refractivity contribution in [2.75, 3.05) is 0 Å². The molecule has 4 rings (SSSR count). The molecule has 0 unspecified atom stereocenters. The molecule has 1 aromatic heterocycles. The minimum absolute atomic E-state index is 0.580. The van der Waals surface area contributed by atoms with Crippen molar-refractivity contribution in [3.8, 4) is 22.3 Å². The molecule has 3 aromatic carbocycles. The van der Waals surface area contributed by atoms with E-state index in [0.717, 1.165) is 13.1 Å². The second-order valence-corrected chi connectivity index (χ2v) is 10.3. The molecule has 0 aliphatic rings. The van der Waals surface area contributed by atoms with Gasteiger partial charge < -0.3 is 4.57 Å². The Balaban J connectivity index is 1.74. The van der Waals surface area contributed by atoms with Crippen LogP contribution in [0.4, 0.5) is 0 Å². The Morgan fingerprint density at radius 1 is 0.806 bits per heavy atom. The Hall–Kier alpha value is -2.49. The molecule has 2 nitrogen and oxygen atoms in total. The molecule has 1 N–H and O–H groups in total. The highest BCUT2D eigenvalue weighted by molar-refractivity contribution is 7.97. The van der Waals surface area contributed by atoms with Crippen LogP contribution in [0, 0.1) is 5.92 Å². The smallest absolute Gasteiger partial charge is 0.0493 e. The number of benzene rings is 3. The SMILES string of the molecule is CC(C)Cn1cc(-c2cccc(CNSC(C)C)c2)c2ccc(-c3ccccc3)cc21. The van der Waals surface area contributed by atoms with Crippen molar-refractivity contribution in [1.82, 2.24) is 9.29 Å². The van der Waals surface area contributed by atoms with Crippen molar-refractivity contribution in [3.63, 3.8) is 0 Å². The fourth-order valence-electron chi connectivity index (χ4n) is 4.02. The van der Waals surface area contributed by atoms with Gasteiger partial charge >= 0.3 is 0 Å². The zero-order valence-electron chi connectivity index (χ0n) is 18.9. The van der Waals surface area contributed by atoms with Gasteiger partial charge in [-0.1, -0.05) is 100 Å². The van der Waals surface area contributed by atoms with Gasteiger partial charge in [0, 0.05) is 41.0 Å². The molecule has 31 heavy (non-hydrogen) atoms. The lowest BCUT2D eigenvalue weighted by Crippen LogP contribution is -2.07. The number of rotatable bonds is 8. The average molecular weight is 429 g/mol. The summed E-state index contributed by atoms with van der Waals surface area (Å²) < 4.78 is 5.92. The molecule has 0 spiro atoms. The first-order chi connectivity index (χ1) is 15.0. The van der Waals surface area contributed by atoms with E-state index >= 15 is 0 Å². The van der Waals surface area contributed by atoms with E-state index in [1.807, 2.05) is 0 Å². The van der Waals surface area contributed by atoms with Crippen LogP contribution in [-0.2, 0) is 13.1 Å². The molecule has 160 valence electrons. The van der Waals surface area contributed by atoms with Gasteiger partial charge in [0.1, 0.15) is 0 Å². The standard InChI is InChI=1S/C28H32N2S/c1-20(2)18-30-19-27(25-12-8-9-22(15-25)17-29-31-21(3)4)26-14-13-24(16-28(26)30)23-10-6-5-7-11-23/h5-16,19-21,29H,17-18H2,1-4H3. The summed E-state index contributed by atoms with van der Waals surface area (Å²) in [5.74, 6) is 0.590. The normalized spacial score (nSPS) is 11.7. The number of hydrogen-bond acceptors (Lipinski definition) is 2. The summed E-state index contributed by atoms with van der Waals surface area (Å²) in [6, 6.07) is 26.5. The Morgan fingerprint density at radius 3 is 2.32 bits per heavy atom. The lowest BCUT2D eigenvalue weighted by molar-refractivity contribution is 0.535. The summed E-state index contributed by atoms with van der Waals surface area (Å²) in [5.41, 5.74) is 7.76. The molecule has 0 aliphatic heterocycles. The molecule has 0 radical (unpaired) electrons. The van der Waals surface area contributed by atoms with Crippen molar-refractivity contribution in [1.29, 1.82) is 0 Å². The first-order valence-electron chi connectivity index (χ1n) is 11.2. The van der Waals surface area contributed by atoms with Crippen LogP contribution in [-0.4, -0.2) is 9.82 Å². The lowest BCUT2D eigenvalue weighted by Gasteiger charge is -2.09. The quantitative estimate of drug-likeness (QED) is 0.289.